The number of hydrogen-bond acceptors (Lipinski definition) is 13. The number of alkyl halides is 7. The molecule has 4 saturated heterocycles. The monoisotopic (exact) mass is 1550 g/mol. The van der Waals surface area contributed by atoms with Gasteiger partial charge in [-0.2, -0.15) is 26.3 Å². The third-order valence-corrected chi connectivity index (χ3v) is 26.1. The number of halogens is 7. The molecule has 9 fully saturated rings. The smallest absolute Gasteiger partial charge is 0.378 e. The first-order chi connectivity index (χ1) is 50.9. The average Bonchev–Trinajstić information content (AvgIpc) is 1.71. The number of amides is 12. The molecule has 1 spiro atoms. The van der Waals surface area contributed by atoms with Crippen LogP contribution in [0.1, 0.15) is 194 Å². The molecular weight excluding hydrogens is 1440 g/mol. The zero-order valence-electron chi connectivity index (χ0n) is 64.5. The first-order valence-corrected chi connectivity index (χ1v) is 40.1. The minimum absolute atomic E-state index is 0.00866. The van der Waals surface area contributed by atoms with Crippen LogP contribution in [0, 0.1) is 47.3 Å². The lowest BCUT2D eigenvalue weighted by atomic mass is 9.78. The van der Waals surface area contributed by atoms with Crippen molar-refractivity contribution in [2.75, 3.05) is 94.8 Å². The highest BCUT2D eigenvalue weighted by Crippen LogP contribution is 2.46. The third kappa shape index (κ3) is 20.6. The van der Waals surface area contributed by atoms with Crippen LogP contribution in [0.15, 0.2) is 0 Å². The van der Waals surface area contributed by atoms with E-state index in [1.807, 2.05) is 13.8 Å². The molecule has 25 nitrogen and oxygen atoms in total. The van der Waals surface area contributed by atoms with Crippen LogP contribution in [0.3, 0.4) is 0 Å². The summed E-state index contributed by atoms with van der Waals surface area (Å²) in [5, 5.41) is 7.51. The van der Waals surface area contributed by atoms with E-state index < -0.39 is 198 Å². The molecule has 0 aromatic carbocycles. The zero-order chi connectivity index (χ0) is 79.0. The molecule has 108 heavy (non-hydrogen) atoms. The predicted octanol–water partition coefficient (Wildman–Crippen LogP) is 6.65. The fraction of sp³-hybridized carbons (Fsp3) is 0.842. The van der Waals surface area contributed by atoms with Crippen molar-refractivity contribution in [2.45, 2.75) is 266 Å². The van der Waals surface area contributed by atoms with Crippen molar-refractivity contribution in [3.8, 4) is 0 Å². The van der Waals surface area contributed by atoms with Gasteiger partial charge < -0.3 is 64.8 Å². The molecule has 9 aliphatic rings. The molecule has 4 heterocycles. The number of nitrogens with one attached hydrogen (secondary N) is 3. The van der Waals surface area contributed by atoms with Crippen LogP contribution in [0.25, 0.3) is 0 Å². The minimum atomic E-state index is -4.55. The summed E-state index contributed by atoms with van der Waals surface area (Å²) in [5.41, 5.74) is -1.61. The van der Waals surface area contributed by atoms with E-state index in [1.54, 1.807) is 6.92 Å². The molecule has 9 rings (SSSR count). The first kappa shape index (κ1) is 85.5. The molecule has 0 aromatic heterocycles. The molecule has 0 radical (unpaired) electrons. The van der Waals surface area contributed by atoms with Crippen LogP contribution in [0.2, 0.25) is 0 Å². The molecular formula is C76H117ClF6N12O13. The van der Waals surface area contributed by atoms with Crippen LogP contribution >= 0.6 is 11.6 Å². The Morgan fingerprint density at radius 1 is 0.583 bits per heavy atom. The molecule has 12 amide bonds. The zero-order valence-corrected chi connectivity index (χ0v) is 65.3. The summed E-state index contributed by atoms with van der Waals surface area (Å²) >= 11 is 6.42. The Morgan fingerprint density at radius 2 is 1.19 bits per heavy atom. The SMILES string of the molecule is CC[C@H](C)[C@@H]1NC(=O)[C@H](CC2CC2)N(C)C(=O)C[C@@H](C(=O)N2CCOCC2)N(C)C(=O)[C@H](C2CCCC2)N(C)C(=O)C2(CCCC2)NC(=O)[C@@H]2CCCN2C(=O)[C@H](CCC2CCC(C(F)(F)F)C(Cl)C2)NC(=O)CN(C)C(=O)[C@H](CC2CCC(C(F)(F)F)CC2)N2C[C@H](C)CC[C@@H](C2=O)N(C)C(=O)CN(C)C1=O. The molecule has 32 heteroatoms. The highest BCUT2D eigenvalue weighted by atomic mass is 35.5. The molecule has 0 aromatic rings. The lowest BCUT2D eigenvalue weighted by Gasteiger charge is -2.42. The molecule has 3 unspecified atom stereocenters. The topological polar surface area (TPSA) is 279 Å². The second-order valence-corrected chi connectivity index (χ2v) is 33.7. The van der Waals surface area contributed by atoms with E-state index in [1.165, 1.54) is 76.6 Å². The van der Waals surface area contributed by atoms with Gasteiger partial charge in [-0.15, -0.1) is 11.6 Å². The Labute approximate surface area is 636 Å². The van der Waals surface area contributed by atoms with Crippen LogP contribution in [0.4, 0.5) is 26.3 Å². The van der Waals surface area contributed by atoms with Gasteiger partial charge in [-0.3, -0.25) is 57.5 Å². The lowest BCUT2D eigenvalue weighted by Crippen LogP contribution is -2.65. The Bertz CT molecular complexity index is 3230. The molecule has 5 saturated carbocycles. The van der Waals surface area contributed by atoms with E-state index >= 15 is 43.2 Å². The van der Waals surface area contributed by atoms with Gasteiger partial charge in [0.25, 0.3) is 0 Å². The molecule has 4 aliphatic heterocycles. The molecule has 608 valence electrons. The summed E-state index contributed by atoms with van der Waals surface area (Å²) in [5.74, 6) is -13.8. The van der Waals surface area contributed by atoms with E-state index in [-0.39, 0.29) is 148 Å². The standard InChI is InChI=1S/C76H117ClF6N12O13/c1-10-46(3)63-71(105)88(5)44-62(98)89(6)56-30-19-45(2)42-95(70(56)104)59(40-49-22-26-51(27-23-49)75(78,79)80)68(102)87(4)43-60(96)84-54(29-25-47-24-28-52(53(77)38-47)76(81,82)83)67(101)94-33-15-18-55(94)66(100)86-74(31-13-14-32-74)73(107)92(9)64(50-16-11-12-17-50)72(106)91(8)58(69(103)93-34-36-108-37-35-93)41-61(97)90(7)57(65(99)85-63)39-48-20-21-48/h45-59,63-64H,10-44H2,1-9H3,(H,84,96)(H,85,99)(H,86,100)/t45-,46+,47?,49?,51?,52?,53?,54+,55+,56+,57+,58+,59+,63+,64+/m1/s1. The van der Waals surface area contributed by atoms with Gasteiger partial charge in [0.2, 0.25) is 70.9 Å². The maximum absolute atomic E-state index is 15.8. The van der Waals surface area contributed by atoms with Gasteiger partial charge in [-0.05, 0) is 158 Å². The summed E-state index contributed by atoms with van der Waals surface area (Å²) in [6, 6.07) is -10.4. The van der Waals surface area contributed by atoms with E-state index in [9.17, 15) is 40.7 Å². The number of likely N-dealkylation sites (N-methyl/N-ethyl adjacent to an activating group) is 6. The van der Waals surface area contributed by atoms with E-state index in [0.717, 1.165) is 35.5 Å². The largest absolute Gasteiger partial charge is 0.393 e. The predicted molar refractivity (Wildman–Crippen MR) is 386 cm³/mol. The summed E-state index contributed by atoms with van der Waals surface area (Å²) in [6.45, 7) is 4.70. The highest BCUT2D eigenvalue weighted by molar-refractivity contribution is 6.21. The maximum Gasteiger partial charge on any atom is 0.393 e. The van der Waals surface area contributed by atoms with Gasteiger partial charge in [0.15, 0.2) is 0 Å². The minimum Gasteiger partial charge on any atom is -0.378 e. The van der Waals surface area contributed by atoms with E-state index in [0.29, 0.717) is 44.9 Å². The van der Waals surface area contributed by atoms with Crippen LogP contribution < -0.4 is 16.0 Å². The Hall–Kier alpha value is -6.53. The number of rotatable bonds is 11. The van der Waals surface area contributed by atoms with Crippen molar-refractivity contribution in [3.05, 3.63) is 0 Å². The highest BCUT2D eigenvalue weighted by Gasteiger charge is 2.54. The van der Waals surface area contributed by atoms with Gasteiger partial charge >= 0.3 is 12.4 Å². The summed E-state index contributed by atoms with van der Waals surface area (Å²) < 4.78 is 90.3. The van der Waals surface area contributed by atoms with Crippen molar-refractivity contribution in [1.29, 1.82) is 0 Å². The molecule has 3 N–H and O–H groups in total. The van der Waals surface area contributed by atoms with E-state index in [4.69, 9.17) is 16.3 Å². The van der Waals surface area contributed by atoms with Crippen LogP contribution in [0.5, 0.6) is 0 Å². The van der Waals surface area contributed by atoms with Gasteiger partial charge in [0.1, 0.15) is 53.9 Å². The third-order valence-electron chi connectivity index (χ3n) is 25.6. The Kier molecular flexibility index (Phi) is 29.1. The van der Waals surface area contributed by atoms with Crippen molar-refractivity contribution >= 4 is 82.5 Å². The second-order valence-electron chi connectivity index (χ2n) is 33.2. The number of nitrogens with zero attached hydrogens (tertiary/aromatic N) is 9. The molecule has 2 bridgehead atoms. The fourth-order valence-corrected chi connectivity index (χ4v) is 18.8. The van der Waals surface area contributed by atoms with Crippen molar-refractivity contribution < 1.29 is 88.6 Å². The van der Waals surface area contributed by atoms with Crippen molar-refractivity contribution in [3.63, 3.8) is 0 Å². The average molecular weight is 1560 g/mol. The van der Waals surface area contributed by atoms with Gasteiger partial charge in [-0.1, -0.05) is 65.7 Å². The number of ether oxygens (including phenoxy) is 1. The summed E-state index contributed by atoms with van der Waals surface area (Å²) in [7, 11) is 8.42. The Morgan fingerprint density at radius 3 is 1.80 bits per heavy atom. The van der Waals surface area contributed by atoms with Crippen LogP contribution in [-0.2, 0) is 62.3 Å². The first-order valence-electron chi connectivity index (χ1n) is 39.7. The number of hydrogen-bond donors (Lipinski definition) is 3. The summed E-state index contributed by atoms with van der Waals surface area (Å²) in [6.07, 6.45) is -3.66. The van der Waals surface area contributed by atoms with Gasteiger partial charge in [-0.25, -0.2) is 0 Å². The van der Waals surface area contributed by atoms with Gasteiger partial charge in [0, 0.05) is 73.8 Å². The fourth-order valence-electron chi connectivity index (χ4n) is 18.3. The maximum atomic E-state index is 15.8. The number of carbonyl (C=O) groups is 12. The van der Waals surface area contributed by atoms with Crippen LogP contribution in [-0.4, -0.2) is 281 Å². The van der Waals surface area contributed by atoms with Crippen molar-refractivity contribution in [2.24, 2.45) is 47.3 Å². The quantitative estimate of drug-likeness (QED) is 0.144. The number of carbonyl (C=O) groups excluding carboxylic acids is 12. The van der Waals surface area contributed by atoms with E-state index in [2.05, 4.69) is 16.0 Å². The summed E-state index contributed by atoms with van der Waals surface area (Å²) in [4.78, 5) is 194. The van der Waals surface area contributed by atoms with Gasteiger partial charge in [0.05, 0.1) is 44.6 Å². The Balaban J connectivity index is 1.09. The molecule has 5 aliphatic carbocycles. The lowest BCUT2D eigenvalue weighted by molar-refractivity contribution is -0.184. The second kappa shape index (κ2) is 36.7. The normalized spacial score (nSPS) is 32.7. The molecule has 13 atom stereocenters. The number of morpholine rings is 1. The number of fused-ring (bicyclic) bond motifs is 3. The van der Waals surface area contributed by atoms with Crippen molar-refractivity contribution in [1.82, 2.24) is 60.0 Å².